The number of alkyl halides is 3. The van der Waals surface area contributed by atoms with E-state index in [0.29, 0.717) is 16.6 Å². The molecule has 2 nitrogen and oxygen atoms in total. The van der Waals surface area contributed by atoms with Crippen molar-refractivity contribution in [2.24, 2.45) is 5.92 Å². The second-order valence-corrected chi connectivity index (χ2v) is 5.23. The van der Waals surface area contributed by atoms with Crippen molar-refractivity contribution in [3.8, 4) is 0 Å². The predicted octanol–water partition coefficient (Wildman–Crippen LogP) is 3.40. The number of anilines is 1. The van der Waals surface area contributed by atoms with Gasteiger partial charge in [0.05, 0.1) is 16.3 Å². The maximum Gasteiger partial charge on any atom is 0.416 e. The van der Waals surface area contributed by atoms with Gasteiger partial charge >= 0.3 is 6.18 Å². The van der Waals surface area contributed by atoms with Crippen LogP contribution in [0.1, 0.15) is 12.0 Å². The van der Waals surface area contributed by atoms with E-state index in [0.717, 1.165) is 38.2 Å². The quantitative estimate of drug-likeness (QED) is 0.918. The summed E-state index contributed by atoms with van der Waals surface area (Å²) in [5.41, 5.74) is -0.168. The van der Waals surface area contributed by atoms with Crippen LogP contribution in [-0.4, -0.2) is 26.7 Å². The van der Waals surface area contributed by atoms with Crippen LogP contribution >= 0.6 is 11.6 Å². The van der Waals surface area contributed by atoms with E-state index >= 15 is 0 Å². The molecule has 0 aromatic heterocycles. The number of nitrogens with one attached hydrogen (secondary N) is 1. The van der Waals surface area contributed by atoms with Crippen molar-refractivity contribution < 1.29 is 13.2 Å². The minimum Gasteiger partial charge on any atom is -0.370 e. The molecule has 1 fully saturated rings. The average Bonchev–Trinajstić information content (AvgIpc) is 2.77. The molecule has 1 atom stereocenters. The van der Waals surface area contributed by atoms with E-state index in [1.54, 1.807) is 0 Å². The third-order valence-electron chi connectivity index (χ3n) is 3.39. The van der Waals surface area contributed by atoms with Crippen molar-refractivity contribution >= 4 is 17.3 Å². The van der Waals surface area contributed by atoms with Crippen molar-refractivity contribution in [1.82, 2.24) is 5.32 Å². The fourth-order valence-corrected chi connectivity index (χ4v) is 2.68. The zero-order valence-corrected chi connectivity index (χ0v) is 11.4. The second kappa shape index (κ2) is 5.59. The average molecular weight is 293 g/mol. The molecule has 1 N–H and O–H groups in total. The van der Waals surface area contributed by atoms with Gasteiger partial charge in [0.2, 0.25) is 0 Å². The van der Waals surface area contributed by atoms with Crippen LogP contribution < -0.4 is 10.2 Å². The van der Waals surface area contributed by atoms with E-state index in [1.165, 1.54) is 6.07 Å². The Morgan fingerprint density at radius 1 is 1.42 bits per heavy atom. The Hall–Kier alpha value is -0.940. The van der Waals surface area contributed by atoms with Crippen LogP contribution in [-0.2, 0) is 6.18 Å². The van der Waals surface area contributed by atoms with Crippen molar-refractivity contribution in [3.05, 3.63) is 28.8 Å². The summed E-state index contributed by atoms with van der Waals surface area (Å²) in [5.74, 6) is 0.454. The molecule has 19 heavy (non-hydrogen) atoms. The van der Waals surface area contributed by atoms with Crippen molar-refractivity contribution in [1.29, 1.82) is 0 Å². The molecule has 0 saturated carbocycles. The molecule has 6 heteroatoms. The highest BCUT2D eigenvalue weighted by atomic mass is 35.5. The molecule has 106 valence electrons. The van der Waals surface area contributed by atoms with Gasteiger partial charge in [0.15, 0.2) is 0 Å². The third-order valence-corrected chi connectivity index (χ3v) is 3.71. The smallest absolute Gasteiger partial charge is 0.370 e. The molecule has 2 rings (SSSR count). The molecular weight excluding hydrogens is 277 g/mol. The van der Waals surface area contributed by atoms with Gasteiger partial charge in [-0.3, -0.25) is 0 Å². The SMILES string of the molecule is CNCC1CCN(c2cc(C(F)(F)F)ccc2Cl)C1. The summed E-state index contributed by atoms with van der Waals surface area (Å²) in [5, 5.41) is 3.47. The first-order valence-electron chi connectivity index (χ1n) is 6.18. The van der Waals surface area contributed by atoms with E-state index in [1.807, 2.05) is 11.9 Å². The molecular formula is C13H16ClF3N2. The highest BCUT2D eigenvalue weighted by molar-refractivity contribution is 6.33. The lowest BCUT2D eigenvalue weighted by Gasteiger charge is -2.21. The van der Waals surface area contributed by atoms with Crippen LogP contribution in [0.5, 0.6) is 0 Å². The van der Waals surface area contributed by atoms with Crippen molar-refractivity contribution in [3.63, 3.8) is 0 Å². The fraction of sp³-hybridized carbons (Fsp3) is 0.538. The van der Waals surface area contributed by atoms with Gasteiger partial charge in [0.25, 0.3) is 0 Å². The van der Waals surface area contributed by atoms with Crippen LogP contribution in [0.2, 0.25) is 5.02 Å². The van der Waals surface area contributed by atoms with Gasteiger partial charge in [-0.2, -0.15) is 13.2 Å². The molecule has 1 aliphatic heterocycles. The van der Waals surface area contributed by atoms with E-state index in [-0.39, 0.29) is 0 Å². The lowest BCUT2D eigenvalue weighted by Crippen LogP contribution is -2.24. The van der Waals surface area contributed by atoms with Gasteiger partial charge in [-0.25, -0.2) is 0 Å². The number of benzene rings is 1. The van der Waals surface area contributed by atoms with Crippen LogP contribution in [0.25, 0.3) is 0 Å². The van der Waals surface area contributed by atoms with Gasteiger partial charge in [-0.05, 0) is 44.1 Å². The molecule has 0 bridgehead atoms. The molecule has 1 unspecified atom stereocenters. The highest BCUT2D eigenvalue weighted by Gasteiger charge is 2.32. The molecule has 0 spiro atoms. The fourth-order valence-electron chi connectivity index (χ4n) is 2.44. The lowest BCUT2D eigenvalue weighted by atomic mass is 10.1. The van der Waals surface area contributed by atoms with E-state index < -0.39 is 11.7 Å². The summed E-state index contributed by atoms with van der Waals surface area (Å²) < 4.78 is 38.1. The first kappa shape index (κ1) is 14.5. The van der Waals surface area contributed by atoms with Gasteiger partial charge in [-0.1, -0.05) is 11.6 Å². The molecule has 1 heterocycles. The Balaban J connectivity index is 2.20. The van der Waals surface area contributed by atoms with Crippen molar-refractivity contribution in [2.45, 2.75) is 12.6 Å². The van der Waals surface area contributed by atoms with Crippen LogP contribution in [0.4, 0.5) is 18.9 Å². The number of rotatable bonds is 3. The third kappa shape index (κ3) is 3.34. The monoisotopic (exact) mass is 292 g/mol. The highest BCUT2D eigenvalue weighted by Crippen LogP contribution is 2.36. The minimum atomic E-state index is -4.33. The normalized spacial score (nSPS) is 20.1. The predicted molar refractivity (Wildman–Crippen MR) is 70.7 cm³/mol. The van der Waals surface area contributed by atoms with Gasteiger partial charge in [0, 0.05) is 13.1 Å². The minimum absolute atomic E-state index is 0.373. The molecule has 0 aliphatic carbocycles. The Morgan fingerprint density at radius 3 is 2.79 bits per heavy atom. The molecule has 1 saturated heterocycles. The summed E-state index contributed by atoms with van der Waals surface area (Å²) >= 11 is 6.03. The first-order chi connectivity index (χ1) is 8.91. The van der Waals surface area contributed by atoms with Crippen molar-refractivity contribution in [2.75, 3.05) is 31.6 Å². The summed E-state index contributed by atoms with van der Waals surface area (Å²) in [4.78, 5) is 1.93. The zero-order valence-electron chi connectivity index (χ0n) is 10.6. The maximum atomic E-state index is 12.7. The zero-order chi connectivity index (χ0) is 14.0. The summed E-state index contributed by atoms with van der Waals surface area (Å²) in [6.07, 6.45) is -3.36. The maximum absolute atomic E-state index is 12.7. The summed E-state index contributed by atoms with van der Waals surface area (Å²) in [6, 6.07) is 3.49. The topological polar surface area (TPSA) is 15.3 Å². The van der Waals surface area contributed by atoms with Gasteiger partial charge < -0.3 is 10.2 Å². The number of nitrogens with zero attached hydrogens (tertiary/aromatic N) is 1. The Bertz CT molecular complexity index is 448. The van der Waals surface area contributed by atoms with E-state index in [9.17, 15) is 13.2 Å². The van der Waals surface area contributed by atoms with Gasteiger partial charge in [-0.15, -0.1) is 0 Å². The molecule has 1 aromatic rings. The number of hydrogen-bond donors (Lipinski definition) is 1. The summed E-state index contributed by atoms with van der Waals surface area (Å²) in [6.45, 7) is 2.35. The first-order valence-corrected chi connectivity index (χ1v) is 6.56. The number of halogens is 4. The van der Waals surface area contributed by atoms with E-state index in [4.69, 9.17) is 11.6 Å². The largest absolute Gasteiger partial charge is 0.416 e. The van der Waals surface area contributed by atoms with Crippen LogP contribution in [0, 0.1) is 5.92 Å². The molecule has 1 aliphatic rings. The standard InChI is InChI=1S/C13H16ClF3N2/c1-18-7-9-4-5-19(8-9)12-6-10(13(15,16)17)2-3-11(12)14/h2-3,6,9,18H,4-5,7-8H2,1H3. The Morgan fingerprint density at radius 2 is 2.16 bits per heavy atom. The van der Waals surface area contributed by atoms with Gasteiger partial charge in [0.1, 0.15) is 0 Å². The number of hydrogen-bond acceptors (Lipinski definition) is 2. The Kier molecular flexibility index (Phi) is 4.26. The molecule has 0 radical (unpaired) electrons. The summed E-state index contributed by atoms with van der Waals surface area (Å²) in [7, 11) is 1.87. The van der Waals surface area contributed by atoms with Crippen LogP contribution in [0.15, 0.2) is 18.2 Å². The second-order valence-electron chi connectivity index (χ2n) is 4.82. The molecule has 1 aromatic carbocycles. The van der Waals surface area contributed by atoms with E-state index in [2.05, 4.69) is 5.32 Å². The Labute approximate surface area is 115 Å². The lowest BCUT2D eigenvalue weighted by molar-refractivity contribution is -0.137. The van der Waals surface area contributed by atoms with Crippen LogP contribution in [0.3, 0.4) is 0 Å². The molecule has 0 amide bonds.